The molecule has 5 heteroatoms. The first-order valence-corrected chi connectivity index (χ1v) is 6.91. The van der Waals surface area contributed by atoms with Gasteiger partial charge in [0, 0.05) is 24.1 Å². The van der Waals surface area contributed by atoms with Gasteiger partial charge in [-0.3, -0.25) is 4.79 Å². The lowest BCUT2D eigenvalue weighted by Gasteiger charge is -2.34. The van der Waals surface area contributed by atoms with Crippen LogP contribution in [-0.2, 0) is 4.74 Å². The quantitative estimate of drug-likeness (QED) is 0.912. The Balaban J connectivity index is 2.01. The summed E-state index contributed by atoms with van der Waals surface area (Å²) in [5.41, 5.74) is 0.605. The Bertz CT molecular complexity index is 385. The second kappa shape index (κ2) is 4.85. The molecule has 0 atom stereocenters. The van der Waals surface area contributed by atoms with Crippen LogP contribution < -0.4 is 5.32 Å². The summed E-state index contributed by atoms with van der Waals surface area (Å²) >= 11 is 4.88. The van der Waals surface area contributed by atoms with E-state index in [-0.39, 0.29) is 11.4 Å². The lowest BCUT2D eigenvalue weighted by molar-refractivity contribution is 0.0423. The van der Waals surface area contributed by atoms with Gasteiger partial charge >= 0.3 is 0 Å². The molecule has 2 rings (SSSR count). The summed E-state index contributed by atoms with van der Waals surface area (Å²) in [5.74, 6) is 0.00588. The molecule has 0 radical (unpaired) electrons. The first-order chi connectivity index (χ1) is 7.59. The zero-order chi connectivity index (χ0) is 11.6. The van der Waals surface area contributed by atoms with Crippen LogP contribution >= 0.6 is 27.3 Å². The Hall–Kier alpha value is -0.390. The largest absolute Gasteiger partial charge is 0.381 e. The fraction of sp³-hybridized carbons (Fsp3) is 0.545. The van der Waals surface area contributed by atoms with Gasteiger partial charge in [-0.1, -0.05) is 0 Å². The standard InChI is InChI=1S/C11H14BrNO2S/c1-11(2-4-15-5-3-11)13-10(14)8-6-9(12)16-7-8/h6-7H,2-5H2,1H3,(H,13,14). The van der Waals surface area contributed by atoms with Crippen LogP contribution in [0.15, 0.2) is 15.2 Å². The highest BCUT2D eigenvalue weighted by molar-refractivity contribution is 9.11. The summed E-state index contributed by atoms with van der Waals surface area (Å²) < 4.78 is 6.28. The topological polar surface area (TPSA) is 38.3 Å². The maximum Gasteiger partial charge on any atom is 0.252 e. The molecular weight excluding hydrogens is 290 g/mol. The predicted molar refractivity (Wildman–Crippen MR) is 67.9 cm³/mol. The molecule has 1 saturated heterocycles. The van der Waals surface area contributed by atoms with Crippen molar-refractivity contribution in [2.45, 2.75) is 25.3 Å². The number of halogens is 1. The summed E-state index contributed by atoms with van der Waals surface area (Å²) in [6.07, 6.45) is 1.76. The van der Waals surface area contributed by atoms with Crippen LogP contribution in [0.5, 0.6) is 0 Å². The Morgan fingerprint density at radius 2 is 2.25 bits per heavy atom. The SMILES string of the molecule is CC1(NC(=O)c2csc(Br)c2)CCOCC1. The number of nitrogens with one attached hydrogen (secondary N) is 1. The summed E-state index contributed by atoms with van der Waals surface area (Å²) in [7, 11) is 0. The minimum absolute atomic E-state index is 0.00588. The van der Waals surface area contributed by atoms with E-state index in [1.54, 1.807) is 0 Å². The van der Waals surface area contributed by atoms with E-state index in [0.717, 1.165) is 35.4 Å². The first kappa shape index (κ1) is 12.1. The third-order valence-corrected chi connectivity index (χ3v) is 4.35. The lowest BCUT2D eigenvalue weighted by Crippen LogP contribution is -2.49. The zero-order valence-corrected chi connectivity index (χ0v) is 11.5. The molecule has 1 N–H and O–H groups in total. The molecule has 0 saturated carbocycles. The van der Waals surface area contributed by atoms with Gasteiger partial charge in [0.25, 0.3) is 5.91 Å². The van der Waals surface area contributed by atoms with E-state index >= 15 is 0 Å². The van der Waals surface area contributed by atoms with Crippen LogP contribution in [0, 0.1) is 0 Å². The highest BCUT2D eigenvalue weighted by Crippen LogP contribution is 2.23. The Morgan fingerprint density at radius 1 is 1.56 bits per heavy atom. The molecule has 3 nitrogen and oxygen atoms in total. The number of ether oxygens (including phenoxy) is 1. The van der Waals surface area contributed by atoms with E-state index in [9.17, 15) is 4.79 Å². The lowest BCUT2D eigenvalue weighted by atomic mass is 9.92. The van der Waals surface area contributed by atoms with Crippen molar-refractivity contribution in [1.82, 2.24) is 5.32 Å². The molecular formula is C11H14BrNO2S. The predicted octanol–water partition coefficient (Wildman–Crippen LogP) is 2.81. The van der Waals surface area contributed by atoms with Crippen LogP contribution in [0.3, 0.4) is 0 Å². The van der Waals surface area contributed by atoms with Crippen LogP contribution in [-0.4, -0.2) is 24.7 Å². The second-order valence-electron chi connectivity index (χ2n) is 4.27. The molecule has 0 aromatic carbocycles. The molecule has 1 amide bonds. The molecule has 0 aliphatic carbocycles. The van der Waals surface area contributed by atoms with E-state index in [2.05, 4.69) is 28.2 Å². The van der Waals surface area contributed by atoms with E-state index in [4.69, 9.17) is 4.74 Å². The van der Waals surface area contributed by atoms with E-state index < -0.39 is 0 Å². The molecule has 1 aliphatic rings. The number of carbonyl (C=O) groups excluding carboxylic acids is 1. The molecule has 0 unspecified atom stereocenters. The maximum atomic E-state index is 12.0. The normalized spacial score (nSPS) is 19.4. The smallest absolute Gasteiger partial charge is 0.252 e. The fourth-order valence-electron chi connectivity index (χ4n) is 1.72. The third-order valence-electron chi connectivity index (χ3n) is 2.84. The average Bonchev–Trinajstić information content (AvgIpc) is 2.65. The van der Waals surface area contributed by atoms with Gasteiger partial charge in [-0.2, -0.15) is 0 Å². The monoisotopic (exact) mass is 303 g/mol. The van der Waals surface area contributed by atoms with Crippen LogP contribution in [0.2, 0.25) is 0 Å². The van der Waals surface area contributed by atoms with Crippen molar-refractivity contribution in [2.24, 2.45) is 0 Å². The molecule has 1 aromatic heterocycles. The van der Waals surface area contributed by atoms with Gasteiger partial charge in [0.15, 0.2) is 0 Å². The molecule has 1 aromatic rings. The van der Waals surface area contributed by atoms with Gasteiger partial charge in [0.2, 0.25) is 0 Å². The minimum Gasteiger partial charge on any atom is -0.381 e. The van der Waals surface area contributed by atoms with Crippen molar-refractivity contribution in [2.75, 3.05) is 13.2 Å². The summed E-state index contributed by atoms with van der Waals surface area (Å²) in [6.45, 7) is 3.53. The minimum atomic E-state index is -0.121. The Labute approximate surface area is 107 Å². The maximum absolute atomic E-state index is 12.0. The number of carbonyl (C=O) groups is 1. The Kier molecular flexibility index (Phi) is 3.66. The highest BCUT2D eigenvalue weighted by Gasteiger charge is 2.29. The fourth-order valence-corrected chi connectivity index (χ4v) is 2.86. The molecule has 0 bridgehead atoms. The number of amides is 1. The van der Waals surface area contributed by atoms with Crippen molar-refractivity contribution in [3.05, 3.63) is 20.8 Å². The average molecular weight is 304 g/mol. The van der Waals surface area contributed by atoms with Gasteiger partial charge in [-0.05, 0) is 41.8 Å². The van der Waals surface area contributed by atoms with Gasteiger partial charge < -0.3 is 10.1 Å². The summed E-state index contributed by atoms with van der Waals surface area (Å²) in [5, 5.41) is 4.95. The number of thiophene rings is 1. The third kappa shape index (κ3) is 2.84. The number of hydrogen-bond acceptors (Lipinski definition) is 3. The molecule has 2 heterocycles. The molecule has 88 valence electrons. The van der Waals surface area contributed by atoms with Crippen molar-refractivity contribution >= 4 is 33.2 Å². The molecule has 0 spiro atoms. The van der Waals surface area contributed by atoms with E-state index in [1.807, 2.05) is 11.4 Å². The molecule has 1 aliphatic heterocycles. The number of hydrogen-bond donors (Lipinski definition) is 1. The molecule has 16 heavy (non-hydrogen) atoms. The van der Waals surface area contributed by atoms with Crippen molar-refractivity contribution in [3.8, 4) is 0 Å². The molecule has 1 fully saturated rings. The van der Waals surface area contributed by atoms with Crippen LogP contribution in [0.25, 0.3) is 0 Å². The van der Waals surface area contributed by atoms with Crippen molar-refractivity contribution in [3.63, 3.8) is 0 Å². The highest BCUT2D eigenvalue weighted by atomic mass is 79.9. The van der Waals surface area contributed by atoms with Gasteiger partial charge in [0.05, 0.1) is 9.35 Å². The number of rotatable bonds is 2. The van der Waals surface area contributed by atoms with Gasteiger partial charge in [-0.25, -0.2) is 0 Å². The van der Waals surface area contributed by atoms with Gasteiger partial charge in [0.1, 0.15) is 0 Å². The van der Waals surface area contributed by atoms with Crippen molar-refractivity contribution in [1.29, 1.82) is 0 Å². The van der Waals surface area contributed by atoms with Crippen LogP contribution in [0.1, 0.15) is 30.1 Å². The second-order valence-corrected chi connectivity index (χ2v) is 6.56. The van der Waals surface area contributed by atoms with E-state index in [0.29, 0.717) is 0 Å². The van der Waals surface area contributed by atoms with Gasteiger partial charge in [-0.15, -0.1) is 11.3 Å². The van der Waals surface area contributed by atoms with E-state index in [1.165, 1.54) is 11.3 Å². The van der Waals surface area contributed by atoms with Crippen LogP contribution in [0.4, 0.5) is 0 Å². The van der Waals surface area contributed by atoms with Crippen molar-refractivity contribution < 1.29 is 9.53 Å². The first-order valence-electron chi connectivity index (χ1n) is 5.23. The summed E-state index contributed by atoms with van der Waals surface area (Å²) in [6, 6.07) is 1.85. The Morgan fingerprint density at radius 3 is 2.81 bits per heavy atom. The zero-order valence-electron chi connectivity index (χ0n) is 9.09. The summed E-state index contributed by atoms with van der Waals surface area (Å²) in [4.78, 5) is 12.0.